The standard InChI is InChI=1S/C13H25NO2/c1-12(2,3)16-11(15)10(14)13(4)8-6-5-7-9-13/h10H,5-9,14H2,1-4H3. The molecule has 3 nitrogen and oxygen atoms in total. The van der Waals surface area contributed by atoms with E-state index in [1.165, 1.54) is 19.3 Å². The van der Waals surface area contributed by atoms with Gasteiger partial charge in [-0.25, -0.2) is 0 Å². The fraction of sp³-hybridized carbons (Fsp3) is 0.923. The van der Waals surface area contributed by atoms with Crippen molar-refractivity contribution in [2.24, 2.45) is 11.1 Å². The van der Waals surface area contributed by atoms with Crippen molar-refractivity contribution >= 4 is 5.97 Å². The van der Waals surface area contributed by atoms with E-state index in [1.807, 2.05) is 20.8 Å². The molecule has 0 aromatic carbocycles. The smallest absolute Gasteiger partial charge is 0.323 e. The van der Waals surface area contributed by atoms with E-state index in [4.69, 9.17) is 10.5 Å². The first-order valence-electron chi connectivity index (χ1n) is 6.23. The van der Waals surface area contributed by atoms with Crippen LogP contribution < -0.4 is 5.73 Å². The predicted molar refractivity (Wildman–Crippen MR) is 65.0 cm³/mol. The quantitative estimate of drug-likeness (QED) is 0.738. The lowest BCUT2D eigenvalue weighted by Gasteiger charge is -2.38. The molecule has 94 valence electrons. The summed E-state index contributed by atoms with van der Waals surface area (Å²) in [4.78, 5) is 11.9. The van der Waals surface area contributed by atoms with E-state index in [9.17, 15) is 4.79 Å². The van der Waals surface area contributed by atoms with E-state index in [1.54, 1.807) is 0 Å². The molecule has 0 aromatic heterocycles. The van der Waals surface area contributed by atoms with Gasteiger partial charge in [-0.3, -0.25) is 4.79 Å². The number of esters is 1. The molecule has 1 fully saturated rings. The van der Waals surface area contributed by atoms with Crippen molar-refractivity contribution < 1.29 is 9.53 Å². The van der Waals surface area contributed by atoms with Gasteiger partial charge < -0.3 is 10.5 Å². The van der Waals surface area contributed by atoms with E-state index < -0.39 is 11.6 Å². The Kier molecular flexibility index (Phi) is 4.00. The summed E-state index contributed by atoms with van der Waals surface area (Å²) in [5, 5.41) is 0. The van der Waals surface area contributed by atoms with Gasteiger partial charge in [0, 0.05) is 0 Å². The van der Waals surface area contributed by atoms with E-state index in [2.05, 4.69) is 6.92 Å². The molecule has 2 N–H and O–H groups in total. The zero-order chi connectivity index (χ0) is 12.4. The highest BCUT2D eigenvalue weighted by Gasteiger charge is 2.39. The first kappa shape index (κ1) is 13.5. The molecule has 0 spiro atoms. The first-order chi connectivity index (χ1) is 7.25. The summed E-state index contributed by atoms with van der Waals surface area (Å²) < 4.78 is 5.35. The Bertz CT molecular complexity index is 249. The van der Waals surface area contributed by atoms with Crippen LogP contribution >= 0.6 is 0 Å². The molecule has 0 radical (unpaired) electrons. The monoisotopic (exact) mass is 227 g/mol. The SMILES string of the molecule is CC(C)(C)OC(=O)C(N)C1(C)CCCCC1. The molecule has 0 aliphatic heterocycles. The molecule has 1 rings (SSSR count). The van der Waals surface area contributed by atoms with Gasteiger partial charge in [-0.2, -0.15) is 0 Å². The van der Waals surface area contributed by atoms with E-state index in [0.717, 1.165) is 12.8 Å². The fourth-order valence-electron chi connectivity index (χ4n) is 2.32. The molecule has 1 aliphatic carbocycles. The third kappa shape index (κ3) is 3.48. The molecule has 0 bridgehead atoms. The number of hydrogen-bond donors (Lipinski definition) is 1. The maximum atomic E-state index is 11.9. The highest BCUT2D eigenvalue weighted by Crippen LogP contribution is 2.38. The van der Waals surface area contributed by atoms with E-state index >= 15 is 0 Å². The number of rotatable bonds is 2. The molecule has 1 atom stereocenters. The molecule has 3 heteroatoms. The maximum absolute atomic E-state index is 11.9. The molecule has 0 saturated heterocycles. The molecule has 1 unspecified atom stereocenters. The zero-order valence-corrected chi connectivity index (χ0v) is 11.0. The molecule has 1 aliphatic rings. The second kappa shape index (κ2) is 4.74. The van der Waals surface area contributed by atoms with Gasteiger partial charge in [0.15, 0.2) is 0 Å². The Morgan fingerprint density at radius 3 is 2.19 bits per heavy atom. The summed E-state index contributed by atoms with van der Waals surface area (Å²) in [5.74, 6) is -0.253. The lowest BCUT2D eigenvalue weighted by atomic mass is 9.71. The van der Waals surface area contributed by atoms with E-state index in [-0.39, 0.29) is 11.4 Å². The van der Waals surface area contributed by atoms with Crippen LogP contribution in [0, 0.1) is 5.41 Å². The van der Waals surface area contributed by atoms with Gasteiger partial charge in [-0.05, 0) is 39.0 Å². The van der Waals surface area contributed by atoms with Crippen molar-refractivity contribution in [3.05, 3.63) is 0 Å². The molecule has 1 saturated carbocycles. The summed E-state index contributed by atoms with van der Waals surface area (Å²) in [6.45, 7) is 7.74. The van der Waals surface area contributed by atoms with Crippen molar-refractivity contribution in [1.82, 2.24) is 0 Å². The summed E-state index contributed by atoms with van der Waals surface area (Å²) in [7, 11) is 0. The second-order valence-corrected chi connectivity index (χ2v) is 6.23. The predicted octanol–water partition coefficient (Wildman–Crippen LogP) is 2.63. The van der Waals surface area contributed by atoms with Crippen molar-refractivity contribution in [2.75, 3.05) is 0 Å². The van der Waals surface area contributed by atoms with Crippen LogP contribution in [0.25, 0.3) is 0 Å². The Hall–Kier alpha value is -0.570. The Morgan fingerprint density at radius 2 is 1.75 bits per heavy atom. The summed E-state index contributed by atoms with van der Waals surface area (Å²) in [5.41, 5.74) is 5.55. The molecular formula is C13H25NO2. The summed E-state index contributed by atoms with van der Waals surface area (Å²) in [6, 6.07) is -0.480. The van der Waals surface area contributed by atoms with Crippen molar-refractivity contribution in [2.45, 2.75) is 71.4 Å². The minimum atomic E-state index is -0.480. The van der Waals surface area contributed by atoms with Crippen molar-refractivity contribution in [1.29, 1.82) is 0 Å². The minimum absolute atomic E-state index is 0.0689. The number of hydrogen-bond acceptors (Lipinski definition) is 3. The Balaban J connectivity index is 2.61. The van der Waals surface area contributed by atoms with Gasteiger partial charge in [0.2, 0.25) is 0 Å². The highest BCUT2D eigenvalue weighted by molar-refractivity contribution is 5.77. The number of carbonyl (C=O) groups excluding carboxylic acids is 1. The van der Waals surface area contributed by atoms with Crippen molar-refractivity contribution in [3.8, 4) is 0 Å². The number of ether oxygens (including phenoxy) is 1. The lowest BCUT2D eigenvalue weighted by molar-refractivity contribution is -0.160. The van der Waals surface area contributed by atoms with E-state index in [0.29, 0.717) is 0 Å². The van der Waals surface area contributed by atoms with Crippen LogP contribution in [0.4, 0.5) is 0 Å². The van der Waals surface area contributed by atoms with Gasteiger partial charge in [0.05, 0.1) is 0 Å². The average Bonchev–Trinajstić information content (AvgIpc) is 2.15. The van der Waals surface area contributed by atoms with Gasteiger partial charge >= 0.3 is 5.97 Å². The van der Waals surface area contributed by atoms with Gasteiger partial charge in [-0.15, -0.1) is 0 Å². The van der Waals surface area contributed by atoms with Crippen LogP contribution in [-0.2, 0) is 9.53 Å². The lowest BCUT2D eigenvalue weighted by Crippen LogP contribution is -2.49. The molecule has 0 aromatic rings. The Labute approximate surface area is 98.7 Å². The summed E-state index contributed by atoms with van der Waals surface area (Å²) >= 11 is 0. The Morgan fingerprint density at radius 1 is 1.25 bits per heavy atom. The molecule has 0 heterocycles. The van der Waals surface area contributed by atoms with Crippen molar-refractivity contribution in [3.63, 3.8) is 0 Å². The fourth-order valence-corrected chi connectivity index (χ4v) is 2.32. The number of nitrogens with two attached hydrogens (primary N) is 1. The zero-order valence-electron chi connectivity index (χ0n) is 11.0. The van der Waals surface area contributed by atoms with Crippen LogP contribution in [0.5, 0.6) is 0 Å². The summed E-state index contributed by atoms with van der Waals surface area (Å²) in [6.07, 6.45) is 5.68. The van der Waals surface area contributed by atoms with Crippen LogP contribution in [0.3, 0.4) is 0 Å². The van der Waals surface area contributed by atoms with Gasteiger partial charge in [0.1, 0.15) is 11.6 Å². The largest absolute Gasteiger partial charge is 0.459 e. The maximum Gasteiger partial charge on any atom is 0.323 e. The first-order valence-corrected chi connectivity index (χ1v) is 6.23. The highest BCUT2D eigenvalue weighted by atomic mass is 16.6. The molecule has 16 heavy (non-hydrogen) atoms. The van der Waals surface area contributed by atoms with Crippen LogP contribution in [0.15, 0.2) is 0 Å². The van der Waals surface area contributed by atoms with Crippen LogP contribution in [0.1, 0.15) is 59.8 Å². The number of carbonyl (C=O) groups is 1. The van der Waals surface area contributed by atoms with Crippen LogP contribution in [-0.4, -0.2) is 17.6 Å². The normalized spacial score (nSPS) is 22.6. The average molecular weight is 227 g/mol. The van der Waals surface area contributed by atoms with Gasteiger partial charge in [-0.1, -0.05) is 26.2 Å². The minimum Gasteiger partial charge on any atom is -0.459 e. The topological polar surface area (TPSA) is 52.3 Å². The second-order valence-electron chi connectivity index (χ2n) is 6.23. The molecule has 0 amide bonds. The third-order valence-corrected chi connectivity index (χ3v) is 3.41. The third-order valence-electron chi connectivity index (χ3n) is 3.41. The van der Waals surface area contributed by atoms with Crippen LogP contribution in [0.2, 0.25) is 0 Å². The van der Waals surface area contributed by atoms with Gasteiger partial charge in [0.25, 0.3) is 0 Å². The molecular weight excluding hydrogens is 202 g/mol.